The normalized spacial score (nSPS) is 23.5. The van der Waals surface area contributed by atoms with Gasteiger partial charge in [-0.1, -0.05) is 6.42 Å². The molecule has 4 rings (SSSR count). The summed E-state index contributed by atoms with van der Waals surface area (Å²) < 4.78 is 10.8. The second-order valence-corrected chi connectivity index (χ2v) is 8.15. The first kappa shape index (κ1) is 19.5. The van der Waals surface area contributed by atoms with Crippen molar-refractivity contribution < 1.29 is 9.47 Å². The first-order valence-corrected chi connectivity index (χ1v) is 10.7. The van der Waals surface area contributed by atoms with E-state index in [1.54, 1.807) is 14.2 Å². The summed E-state index contributed by atoms with van der Waals surface area (Å²) in [6.07, 6.45) is 8.89. The number of hydrogen-bond donors (Lipinski definition) is 1. The third-order valence-electron chi connectivity index (χ3n) is 6.12. The minimum atomic E-state index is 0.240. The maximum absolute atomic E-state index is 6.19. The molecule has 2 aromatic rings. The van der Waals surface area contributed by atoms with E-state index in [-0.39, 0.29) is 5.28 Å². The van der Waals surface area contributed by atoms with Gasteiger partial charge in [0.15, 0.2) is 11.5 Å². The minimum Gasteiger partial charge on any atom is -0.493 e. The van der Waals surface area contributed by atoms with Crippen LogP contribution >= 0.6 is 11.6 Å². The molecule has 2 heterocycles. The predicted octanol–water partition coefficient (Wildman–Crippen LogP) is 4.51. The van der Waals surface area contributed by atoms with Crippen molar-refractivity contribution in [3.05, 3.63) is 17.4 Å². The zero-order valence-corrected chi connectivity index (χ0v) is 17.5. The van der Waals surface area contributed by atoms with Crippen molar-refractivity contribution in [2.75, 3.05) is 32.6 Å². The predicted molar refractivity (Wildman–Crippen MR) is 113 cm³/mol. The largest absolute Gasteiger partial charge is 0.493 e. The lowest BCUT2D eigenvalue weighted by Gasteiger charge is -2.39. The van der Waals surface area contributed by atoms with Gasteiger partial charge in [0.1, 0.15) is 5.82 Å². The van der Waals surface area contributed by atoms with E-state index in [4.69, 9.17) is 21.1 Å². The fourth-order valence-corrected chi connectivity index (χ4v) is 4.78. The Kier molecular flexibility index (Phi) is 6.07. The van der Waals surface area contributed by atoms with Gasteiger partial charge < -0.3 is 19.7 Å². The zero-order valence-electron chi connectivity index (χ0n) is 16.7. The summed E-state index contributed by atoms with van der Waals surface area (Å²) in [5.41, 5.74) is 0.752. The third kappa shape index (κ3) is 4.13. The highest BCUT2D eigenvalue weighted by molar-refractivity contribution is 6.28. The molecule has 1 aromatic carbocycles. The van der Waals surface area contributed by atoms with Crippen LogP contribution in [0.15, 0.2) is 12.1 Å². The van der Waals surface area contributed by atoms with Gasteiger partial charge in [0.25, 0.3) is 0 Å². The number of nitrogens with one attached hydrogen (secondary N) is 1. The molecule has 2 fully saturated rings. The highest BCUT2D eigenvalue weighted by Crippen LogP contribution is 2.35. The van der Waals surface area contributed by atoms with Crippen molar-refractivity contribution in [2.45, 2.75) is 57.0 Å². The quantitative estimate of drug-likeness (QED) is 0.740. The first-order chi connectivity index (χ1) is 13.7. The summed E-state index contributed by atoms with van der Waals surface area (Å²) in [6, 6.07) is 4.92. The summed E-state index contributed by atoms with van der Waals surface area (Å²) in [5.74, 6) is 2.08. The van der Waals surface area contributed by atoms with E-state index in [9.17, 15) is 0 Å². The lowest BCUT2D eigenvalue weighted by atomic mass is 9.89. The average molecular weight is 405 g/mol. The third-order valence-corrected chi connectivity index (χ3v) is 6.29. The lowest BCUT2D eigenvalue weighted by Crippen LogP contribution is -2.43. The fraction of sp³-hybridized carbons (Fsp3) is 0.619. The van der Waals surface area contributed by atoms with Crippen LogP contribution in [0.25, 0.3) is 10.9 Å². The monoisotopic (exact) mass is 404 g/mol. The number of anilines is 1. The first-order valence-electron chi connectivity index (χ1n) is 10.3. The number of likely N-dealkylation sites (tertiary alicyclic amines) is 1. The highest BCUT2D eigenvalue weighted by Gasteiger charge is 2.27. The number of methoxy groups -OCH3 is 2. The van der Waals surface area contributed by atoms with E-state index < -0.39 is 0 Å². The number of ether oxygens (including phenoxy) is 2. The van der Waals surface area contributed by atoms with Crippen LogP contribution in [0, 0.1) is 0 Å². The SMILES string of the molecule is COc1cc2nc(Cl)nc(NC3CCC(N4CCCCC4)CC3)c2cc1OC. The molecule has 7 heteroatoms. The maximum atomic E-state index is 6.19. The second kappa shape index (κ2) is 8.70. The molecule has 1 N–H and O–H groups in total. The zero-order chi connectivity index (χ0) is 19.5. The van der Waals surface area contributed by atoms with Gasteiger partial charge in [0.05, 0.1) is 19.7 Å². The maximum Gasteiger partial charge on any atom is 0.224 e. The molecule has 0 bridgehead atoms. The number of hydrogen-bond acceptors (Lipinski definition) is 6. The molecule has 6 nitrogen and oxygen atoms in total. The van der Waals surface area contributed by atoms with Crippen LogP contribution in [0.3, 0.4) is 0 Å². The Morgan fingerprint density at radius 3 is 2.32 bits per heavy atom. The van der Waals surface area contributed by atoms with Gasteiger partial charge in [-0.05, 0) is 69.3 Å². The minimum absolute atomic E-state index is 0.240. The molecule has 1 aliphatic carbocycles. The van der Waals surface area contributed by atoms with Crippen molar-refractivity contribution in [1.82, 2.24) is 14.9 Å². The number of nitrogens with zero attached hydrogens (tertiary/aromatic N) is 3. The molecule has 152 valence electrons. The standard InChI is InChI=1S/C21H29ClN4O2/c1-27-18-12-16-17(13-19(18)28-2)24-21(22)25-20(16)23-14-6-8-15(9-7-14)26-10-4-3-5-11-26/h12-15H,3-11H2,1-2H3,(H,23,24,25). The molecule has 1 saturated heterocycles. The van der Waals surface area contributed by atoms with Gasteiger partial charge in [-0.3, -0.25) is 0 Å². The highest BCUT2D eigenvalue weighted by atomic mass is 35.5. The Labute approximate surface area is 171 Å². The summed E-state index contributed by atoms with van der Waals surface area (Å²) in [6.45, 7) is 2.55. The van der Waals surface area contributed by atoms with Crippen LogP contribution in [0.4, 0.5) is 5.82 Å². The summed E-state index contributed by atoms with van der Waals surface area (Å²) in [5, 5.41) is 4.77. The van der Waals surface area contributed by atoms with Crippen LogP contribution in [-0.4, -0.2) is 54.3 Å². The van der Waals surface area contributed by atoms with E-state index in [1.807, 2.05) is 12.1 Å². The van der Waals surface area contributed by atoms with Gasteiger partial charge in [0, 0.05) is 23.5 Å². The smallest absolute Gasteiger partial charge is 0.224 e. The molecule has 0 amide bonds. The molecule has 0 radical (unpaired) electrons. The van der Waals surface area contributed by atoms with E-state index in [2.05, 4.69) is 20.2 Å². The van der Waals surface area contributed by atoms with Crippen molar-refractivity contribution in [3.8, 4) is 11.5 Å². The molecular formula is C21H29ClN4O2. The van der Waals surface area contributed by atoms with E-state index in [0.29, 0.717) is 17.5 Å². The fourth-order valence-electron chi connectivity index (χ4n) is 4.60. The Hall–Kier alpha value is -1.79. The Balaban J connectivity index is 1.50. The molecule has 0 unspecified atom stereocenters. The summed E-state index contributed by atoms with van der Waals surface area (Å²) in [7, 11) is 3.25. The van der Waals surface area contributed by atoms with Crippen LogP contribution in [0.5, 0.6) is 11.5 Å². The van der Waals surface area contributed by atoms with Gasteiger partial charge in [-0.25, -0.2) is 9.97 Å². The van der Waals surface area contributed by atoms with Crippen LogP contribution in [0.1, 0.15) is 44.9 Å². The molecule has 28 heavy (non-hydrogen) atoms. The summed E-state index contributed by atoms with van der Waals surface area (Å²) >= 11 is 6.19. The number of fused-ring (bicyclic) bond motifs is 1. The number of benzene rings is 1. The second-order valence-electron chi connectivity index (χ2n) is 7.81. The molecule has 1 aliphatic heterocycles. The van der Waals surface area contributed by atoms with Crippen LogP contribution in [-0.2, 0) is 0 Å². The lowest BCUT2D eigenvalue weighted by molar-refractivity contribution is 0.127. The van der Waals surface area contributed by atoms with Crippen LogP contribution < -0.4 is 14.8 Å². The van der Waals surface area contributed by atoms with E-state index in [1.165, 1.54) is 45.2 Å². The van der Waals surface area contributed by atoms with Crippen molar-refractivity contribution in [1.29, 1.82) is 0 Å². The van der Waals surface area contributed by atoms with Crippen molar-refractivity contribution >= 4 is 28.3 Å². The van der Waals surface area contributed by atoms with E-state index >= 15 is 0 Å². The van der Waals surface area contributed by atoms with Crippen LogP contribution in [0.2, 0.25) is 5.28 Å². The van der Waals surface area contributed by atoms with Gasteiger partial charge >= 0.3 is 0 Å². The van der Waals surface area contributed by atoms with E-state index in [0.717, 1.165) is 35.6 Å². The number of aromatic nitrogens is 2. The Bertz CT molecular complexity index is 818. The average Bonchev–Trinajstić information content (AvgIpc) is 2.74. The topological polar surface area (TPSA) is 59.5 Å². The molecule has 1 aromatic heterocycles. The molecule has 1 saturated carbocycles. The van der Waals surface area contributed by atoms with Gasteiger partial charge in [0.2, 0.25) is 5.28 Å². The molecule has 0 spiro atoms. The van der Waals surface area contributed by atoms with Crippen molar-refractivity contribution in [2.24, 2.45) is 0 Å². The molecule has 2 aliphatic rings. The Morgan fingerprint density at radius 1 is 0.964 bits per heavy atom. The molecule has 0 atom stereocenters. The number of halogens is 1. The molecular weight excluding hydrogens is 376 g/mol. The summed E-state index contributed by atoms with van der Waals surface area (Å²) in [4.78, 5) is 11.5. The van der Waals surface area contributed by atoms with Gasteiger partial charge in [-0.15, -0.1) is 0 Å². The number of piperidine rings is 1. The Morgan fingerprint density at radius 2 is 1.64 bits per heavy atom. The van der Waals surface area contributed by atoms with Crippen molar-refractivity contribution in [3.63, 3.8) is 0 Å². The van der Waals surface area contributed by atoms with Gasteiger partial charge in [-0.2, -0.15) is 0 Å². The number of rotatable bonds is 5.